The molecule has 2 amide bonds. The molecule has 0 heterocycles. The summed E-state index contributed by atoms with van der Waals surface area (Å²) in [5.41, 5.74) is 5.30. The third-order valence-corrected chi connectivity index (χ3v) is 7.22. The Morgan fingerprint density at radius 1 is 0.943 bits per heavy atom. The van der Waals surface area contributed by atoms with Gasteiger partial charge in [0.05, 0.1) is 5.75 Å². The highest BCUT2D eigenvalue weighted by Gasteiger charge is 2.30. The topological polar surface area (TPSA) is 49.4 Å². The molecule has 0 aliphatic carbocycles. The number of nitrogens with zero attached hydrogens (tertiary/aromatic N) is 1. The number of hydrogen-bond acceptors (Lipinski definition) is 3. The number of halogens is 2. The third-order valence-electron chi connectivity index (χ3n) is 5.65. The Kier molecular flexibility index (Phi) is 10.1. The molecule has 0 aliphatic heterocycles. The lowest BCUT2D eigenvalue weighted by molar-refractivity contribution is -0.139. The molecule has 0 spiro atoms. The average Bonchev–Trinajstić information content (AvgIpc) is 2.82. The molecule has 0 bridgehead atoms. The molecule has 3 rings (SSSR count). The van der Waals surface area contributed by atoms with Crippen LogP contribution in [0.2, 0.25) is 10.0 Å². The molecule has 35 heavy (non-hydrogen) atoms. The number of carbonyl (C=O) groups excluding carboxylic acids is 2. The fraction of sp³-hybridized carbons (Fsp3) is 0.286. The van der Waals surface area contributed by atoms with Crippen LogP contribution in [0.25, 0.3) is 0 Å². The first kappa shape index (κ1) is 27.1. The van der Waals surface area contributed by atoms with E-state index >= 15 is 0 Å². The maximum absolute atomic E-state index is 13.6. The van der Waals surface area contributed by atoms with E-state index in [1.807, 2.05) is 30.3 Å². The van der Waals surface area contributed by atoms with Crippen LogP contribution in [0.5, 0.6) is 0 Å². The summed E-state index contributed by atoms with van der Waals surface area (Å²) in [4.78, 5) is 28.2. The Balaban J connectivity index is 1.84. The number of nitrogens with one attached hydrogen (secondary N) is 1. The van der Waals surface area contributed by atoms with E-state index in [4.69, 9.17) is 23.2 Å². The predicted molar refractivity (Wildman–Crippen MR) is 147 cm³/mol. The SMILES string of the molecule is CNC(=O)C(Cc1ccccc1)N(Cc1ccc(Cl)cc1Cl)C(=O)CSCc1cc(C)cc(C)c1. The van der Waals surface area contributed by atoms with Gasteiger partial charge >= 0.3 is 0 Å². The standard InChI is InChI=1S/C28H30Cl2N2O2S/c1-19-11-20(2)13-22(12-19)17-35-18-27(33)32(16-23-9-10-24(29)15-25(23)30)26(28(34)31-3)14-21-7-5-4-6-8-21/h4-13,15,26H,14,16-18H2,1-3H3,(H,31,34). The Morgan fingerprint density at radius 3 is 2.26 bits per heavy atom. The van der Waals surface area contributed by atoms with Gasteiger partial charge in [-0.3, -0.25) is 9.59 Å². The second-order valence-corrected chi connectivity index (χ2v) is 10.4. The van der Waals surface area contributed by atoms with Gasteiger partial charge in [-0.05, 0) is 42.7 Å². The van der Waals surface area contributed by atoms with Crippen molar-refractivity contribution in [3.8, 4) is 0 Å². The van der Waals surface area contributed by atoms with E-state index in [0.717, 1.165) is 11.1 Å². The summed E-state index contributed by atoms with van der Waals surface area (Å²) >= 11 is 14.1. The minimum atomic E-state index is -0.677. The number of amides is 2. The lowest BCUT2D eigenvalue weighted by Gasteiger charge is -2.31. The highest BCUT2D eigenvalue weighted by molar-refractivity contribution is 7.99. The van der Waals surface area contributed by atoms with Crippen LogP contribution in [0.15, 0.2) is 66.7 Å². The Bertz CT molecular complexity index is 1150. The van der Waals surface area contributed by atoms with Crippen molar-refractivity contribution in [3.05, 3.63) is 105 Å². The summed E-state index contributed by atoms with van der Waals surface area (Å²) in [6.07, 6.45) is 0.402. The zero-order valence-electron chi connectivity index (χ0n) is 20.2. The van der Waals surface area contributed by atoms with Gasteiger partial charge in [-0.1, -0.05) is 88.9 Å². The number of carbonyl (C=O) groups is 2. The van der Waals surface area contributed by atoms with Gasteiger partial charge in [-0.25, -0.2) is 0 Å². The van der Waals surface area contributed by atoms with Gasteiger partial charge in [0.2, 0.25) is 11.8 Å². The molecule has 3 aromatic carbocycles. The summed E-state index contributed by atoms with van der Waals surface area (Å²) in [6.45, 7) is 4.35. The van der Waals surface area contributed by atoms with Crippen molar-refractivity contribution in [2.45, 2.75) is 38.6 Å². The summed E-state index contributed by atoms with van der Waals surface area (Å²) in [6, 6.07) is 20.6. The van der Waals surface area contributed by atoms with Crippen molar-refractivity contribution >= 4 is 46.8 Å². The maximum Gasteiger partial charge on any atom is 0.242 e. The molecular weight excluding hydrogens is 499 g/mol. The largest absolute Gasteiger partial charge is 0.357 e. The second-order valence-electron chi connectivity index (χ2n) is 8.57. The van der Waals surface area contributed by atoms with E-state index in [1.165, 1.54) is 16.7 Å². The molecule has 3 aromatic rings. The summed E-state index contributed by atoms with van der Waals surface area (Å²) < 4.78 is 0. The maximum atomic E-state index is 13.6. The van der Waals surface area contributed by atoms with Crippen LogP contribution in [-0.2, 0) is 28.3 Å². The van der Waals surface area contributed by atoms with E-state index in [2.05, 4.69) is 37.4 Å². The molecule has 184 valence electrons. The van der Waals surface area contributed by atoms with Crippen molar-refractivity contribution in [2.24, 2.45) is 0 Å². The molecule has 0 saturated heterocycles. The van der Waals surface area contributed by atoms with Crippen LogP contribution in [0.1, 0.15) is 27.8 Å². The van der Waals surface area contributed by atoms with Gasteiger partial charge in [0.15, 0.2) is 0 Å². The Labute approximate surface area is 222 Å². The van der Waals surface area contributed by atoms with Crippen LogP contribution in [0.4, 0.5) is 0 Å². The van der Waals surface area contributed by atoms with Crippen molar-refractivity contribution in [1.29, 1.82) is 0 Å². The molecule has 0 radical (unpaired) electrons. The fourth-order valence-electron chi connectivity index (χ4n) is 4.05. The van der Waals surface area contributed by atoms with Crippen LogP contribution >= 0.6 is 35.0 Å². The highest BCUT2D eigenvalue weighted by atomic mass is 35.5. The minimum absolute atomic E-state index is 0.116. The van der Waals surface area contributed by atoms with Crippen molar-refractivity contribution in [2.75, 3.05) is 12.8 Å². The van der Waals surface area contributed by atoms with Gasteiger partial charge in [0.1, 0.15) is 6.04 Å². The Hall–Kier alpha value is -2.47. The van der Waals surface area contributed by atoms with E-state index < -0.39 is 6.04 Å². The van der Waals surface area contributed by atoms with E-state index in [0.29, 0.717) is 22.2 Å². The first-order chi connectivity index (χ1) is 16.8. The lowest BCUT2D eigenvalue weighted by atomic mass is 10.0. The normalized spacial score (nSPS) is 11.7. The molecule has 0 aliphatic rings. The molecular formula is C28H30Cl2N2O2S. The van der Waals surface area contributed by atoms with Gasteiger partial charge in [-0.2, -0.15) is 0 Å². The van der Waals surface area contributed by atoms with Crippen LogP contribution < -0.4 is 5.32 Å². The number of likely N-dealkylation sites (N-methyl/N-ethyl adjacent to an activating group) is 1. The predicted octanol–water partition coefficient (Wildman–Crippen LogP) is 6.23. The lowest BCUT2D eigenvalue weighted by Crippen LogP contribution is -2.50. The van der Waals surface area contributed by atoms with Gasteiger partial charge < -0.3 is 10.2 Å². The first-order valence-corrected chi connectivity index (χ1v) is 13.3. The van der Waals surface area contributed by atoms with Crippen molar-refractivity contribution in [1.82, 2.24) is 10.2 Å². The van der Waals surface area contributed by atoms with Crippen LogP contribution in [0.3, 0.4) is 0 Å². The van der Waals surface area contributed by atoms with Crippen molar-refractivity contribution in [3.63, 3.8) is 0 Å². The average molecular weight is 530 g/mol. The van der Waals surface area contributed by atoms with Crippen LogP contribution in [-0.4, -0.2) is 35.6 Å². The molecule has 1 unspecified atom stereocenters. The second kappa shape index (κ2) is 13.0. The highest BCUT2D eigenvalue weighted by Crippen LogP contribution is 2.25. The zero-order chi connectivity index (χ0) is 25.4. The van der Waals surface area contributed by atoms with E-state index in [9.17, 15) is 9.59 Å². The van der Waals surface area contributed by atoms with E-state index in [-0.39, 0.29) is 24.1 Å². The molecule has 1 atom stereocenters. The molecule has 4 nitrogen and oxygen atoms in total. The van der Waals surface area contributed by atoms with E-state index in [1.54, 1.807) is 41.9 Å². The molecule has 0 fully saturated rings. The quantitative estimate of drug-likeness (QED) is 0.339. The third kappa shape index (κ3) is 8.03. The number of thioether (sulfide) groups is 1. The molecule has 0 aromatic heterocycles. The number of benzene rings is 3. The number of hydrogen-bond donors (Lipinski definition) is 1. The Morgan fingerprint density at radius 2 is 1.63 bits per heavy atom. The van der Waals surface area contributed by atoms with Crippen molar-refractivity contribution < 1.29 is 9.59 Å². The summed E-state index contributed by atoms with van der Waals surface area (Å²) in [7, 11) is 1.59. The fourth-order valence-corrected chi connectivity index (χ4v) is 5.36. The number of aryl methyl sites for hydroxylation is 2. The van der Waals surface area contributed by atoms with Crippen LogP contribution in [0, 0.1) is 13.8 Å². The van der Waals surface area contributed by atoms with Gasteiger partial charge in [0.25, 0.3) is 0 Å². The monoisotopic (exact) mass is 528 g/mol. The van der Waals surface area contributed by atoms with Gasteiger partial charge in [-0.15, -0.1) is 11.8 Å². The first-order valence-electron chi connectivity index (χ1n) is 11.4. The molecule has 7 heteroatoms. The zero-order valence-corrected chi connectivity index (χ0v) is 22.5. The summed E-state index contributed by atoms with van der Waals surface area (Å²) in [5.74, 6) is 0.634. The number of rotatable bonds is 10. The molecule has 0 saturated carbocycles. The summed E-state index contributed by atoms with van der Waals surface area (Å²) in [5, 5.41) is 3.72. The molecule has 1 N–H and O–H groups in total. The minimum Gasteiger partial charge on any atom is -0.357 e. The smallest absolute Gasteiger partial charge is 0.242 e. The van der Waals surface area contributed by atoms with Gasteiger partial charge in [0, 0.05) is 35.8 Å².